The Labute approximate surface area is 115 Å². The van der Waals surface area contributed by atoms with E-state index in [0.717, 1.165) is 0 Å². The number of rotatable bonds is 4. The molecule has 0 aromatic heterocycles. The standard InChI is InChI=1S/C6HF15N2/c7-1(8)22(4(13,14)15)2(9,10)3(11,12)23(5(16,17)18)6(19,20)21/h1H. The molecule has 0 rings (SSSR count). The van der Waals surface area contributed by atoms with E-state index in [1.54, 1.807) is 0 Å². The lowest BCUT2D eigenvalue weighted by Gasteiger charge is -2.41. The third-order valence-corrected chi connectivity index (χ3v) is 1.92. The van der Waals surface area contributed by atoms with E-state index >= 15 is 0 Å². The van der Waals surface area contributed by atoms with Crippen LogP contribution in [-0.4, -0.2) is 47.3 Å². The molecular formula is C6HF15N2. The molecule has 0 aromatic rings. The lowest BCUT2D eigenvalue weighted by molar-refractivity contribution is -0.507. The molecule has 0 saturated carbocycles. The van der Waals surface area contributed by atoms with Gasteiger partial charge < -0.3 is 0 Å². The molecule has 23 heavy (non-hydrogen) atoms. The summed E-state index contributed by atoms with van der Waals surface area (Å²) in [6.45, 7) is -5.60. The molecule has 0 amide bonds. The first-order valence-electron chi connectivity index (χ1n) is 4.52. The Morgan fingerprint density at radius 3 is 0.957 bits per heavy atom. The zero-order valence-electron chi connectivity index (χ0n) is 9.64. The molecule has 0 aliphatic rings. The number of hydrogen-bond acceptors (Lipinski definition) is 2. The van der Waals surface area contributed by atoms with Crippen LogP contribution < -0.4 is 0 Å². The summed E-state index contributed by atoms with van der Waals surface area (Å²) in [7, 11) is 0. The molecule has 0 radical (unpaired) electrons. The van der Waals surface area contributed by atoms with Crippen LogP contribution in [0, 0.1) is 0 Å². The van der Waals surface area contributed by atoms with E-state index < -0.39 is 47.3 Å². The molecule has 0 fully saturated rings. The smallest absolute Gasteiger partial charge is 0.191 e. The van der Waals surface area contributed by atoms with Crippen molar-refractivity contribution in [3.8, 4) is 0 Å². The van der Waals surface area contributed by atoms with Crippen molar-refractivity contribution in [3.05, 3.63) is 0 Å². The van der Waals surface area contributed by atoms with Crippen molar-refractivity contribution in [1.29, 1.82) is 0 Å². The van der Waals surface area contributed by atoms with E-state index in [9.17, 15) is 65.9 Å². The molecule has 0 atom stereocenters. The summed E-state index contributed by atoms with van der Waals surface area (Å²) in [5, 5.41) is 0. The quantitative estimate of drug-likeness (QED) is 0.517. The lowest BCUT2D eigenvalue weighted by Crippen LogP contribution is -2.71. The molecule has 0 N–H and O–H groups in total. The third kappa shape index (κ3) is 4.24. The predicted octanol–water partition coefficient (Wildman–Crippen LogP) is 4.56. The summed E-state index contributed by atoms with van der Waals surface area (Å²) in [4.78, 5) is -7.95. The zero-order valence-corrected chi connectivity index (χ0v) is 9.64. The average molecular weight is 386 g/mol. The van der Waals surface area contributed by atoms with Crippen molar-refractivity contribution in [2.75, 3.05) is 0 Å². The molecule has 0 aromatic carbocycles. The molecule has 140 valence electrons. The maximum absolute atomic E-state index is 12.9. The Bertz CT molecular complexity index is 388. The summed E-state index contributed by atoms with van der Waals surface area (Å²) < 4.78 is 182. The highest BCUT2D eigenvalue weighted by molar-refractivity contribution is 4.89. The highest BCUT2D eigenvalue weighted by atomic mass is 19.4. The third-order valence-electron chi connectivity index (χ3n) is 1.92. The van der Waals surface area contributed by atoms with Crippen LogP contribution in [0.5, 0.6) is 0 Å². The lowest BCUT2D eigenvalue weighted by atomic mass is 10.3. The molecule has 0 aliphatic carbocycles. The predicted molar refractivity (Wildman–Crippen MR) is 37.7 cm³/mol. The van der Waals surface area contributed by atoms with E-state index in [1.807, 2.05) is 0 Å². The summed E-state index contributed by atoms with van der Waals surface area (Å²) in [6, 6.07) is -15.4. The minimum absolute atomic E-state index is 3.73. The summed E-state index contributed by atoms with van der Waals surface area (Å²) >= 11 is 0. The number of nitrogens with zero attached hydrogens (tertiary/aromatic N) is 2. The minimum atomic E-state index is -7.78. The topological polar surface area (TPSA) is 6.48 Å². The number of halogens is 15. The van der Waals surface area contributed by atoms with Crippen LogP contribution in [0.25, 0.3) is 0 Å². The van der Waals surface area contributed by atoms with Gasteiger partial charge in [-0.25, -0.2) is 0 Å². The van der Waals surface area contributed by atoms with Crippen molar-refractivity contribution < 1.29 is 65.9 Å². The Morgan fingerprint density at radius 1 is 0.478 bits per heavy atom. The van der Waals surface area contributed by atoms with Crippen LogP contribution in [0.4, 0.5) is 65.9 Å². The van der Waals surface area contributed by atoms with Crippen molar-refractivity contribution in [2.45, 2.75) is 37.5 Å². The van der Waals surface area contributed by atoms with E-state index in [4.69, 9.17) is 0 Å². The van der Waals surface area contributed by atoms with E-state index in [0.29, 0.717) is 0 Å². The van der Waals surface area contributed by atoms with Gasteiger partial charge in [0.1, 0.15) is 0 Å². The second kappa shape index (κ2) is 5.75. The van der Waals surface area contributed by atoms with E-state index in [-0.39, 0.29) is 0 Å². The van der Waals surface area contributed by atoms with Gasteiger partial charge in [0.25, 0.3) is 0 Å². The highest BCUT2D eigenvalue weighted by Crippen LogP contribution is 2.52. The Hall–Kier alpha value is -1.13. The van der Waals surface area contributed by atoms with Crippen LogP contribution in [-0.2, 0) is 0 Å². The van der Waals surface area contributed by atoms with Crippen LogP contribution in [0.2, 0.25) is 0 Å². The molecule has 0 heterocycles. The van der Waals surface area contributed by atoms with Gasteiger partial charge in [-0.15, -0.1) is 0 Å². The number of alkyl halides is 15. The van der Waals surface area contributed by atoms with Gasteiger partial charge in [0.15, 0.2) is 0 Å². The molecule has 0 saturated heterocycles. The van der Waals surface area contributed by atoms with Gasteiger partial charge in [-0.05, 0) is 0 Å². The fraction of sp³-hybridized carbons (Fsp3) is 1.00. The Balaban J connectivity index is 6.31. The first kappa shape index (κ1) is 21.9. The fourth-order valence-corrected chi connectivity index (χ4v) is 1.13. The van der Waals surface area contributed by atoms with Crippen LogP contribution in [0.1, 0.15) is 0 Å². The average Bonchev–Trinajstić information content (AvgIpc) is 2.05. The van der Waals surface area contributed by atoms with Crippen molar-refractivity contribution in [1.82, 2.24) is 9.80 Å². The Kier molecular flexibility index (Phi) is 5.46. The minimum Gasteiger partial charge on any atom is -0.191 e. The van der Waals surface area contributed by atoms with E-state index in [1.165, 1.54) is 0 Å². The first-order chi connectivity index (χ1) is 9.68. The first-order valence-corrected chi connectivity index (χ1v) is 4.52. The molecule has 0 unspecified atom stereocenters. The van der Waals surface area contributed by atoms with Gasteiger partial charge in [0, 0.05) is 0 Å². The fourth-order valence-electron chi connectivity index (χ4n) is 1.13. The summed E-state index contributed by atoms with van der Waals surface area (Å²) in [6.07, 6.45) is -21.8. The van der Waals surface area contributed by atoms with Gasteiger partial charge in [-0.1, -0.05) is 9.80 Å². The summed E-state index contributed by atoms with van der Waals surface area (Å²) in [5.41, 5.74) is 0. The van der Waals surface area contributed by atoms with Gasteiger partial charge in [-0.3, -0.25) is 0 Å². The van der Waals surface area contributed by atoms with Crippen molar-refractivity contribution >= 4 is 0 Å². The van der Waals surface area contributed by atoms with Crippen LogP contribution in [0.3, 0.4) is 0 Å². The van der Waals surface area contributed by atoms with Gasteiger partial charge >= 0.3 is 37.5 Å². The molecule has 0 bridgehead atoms. The van der Waals surface area contributed by atoms with Crippen LogP contribution >= 0.6 is 0 Å². The van der Waals surface area contributed by atoms with Crippen molar-refractivity contribution in [3.63, 3.8) is 0 Å². The molecule has 0 aliphatic heterocycles. The second-order valence-electron chi connectivity index (χ2n) is 3.47. The largest absolute Gasteiger partial charge is 0.472 e. The SMILES string of the molecule is FC(F)N(C(F)(F)F)C(F)(F)C(F)(F)N(C(F)(F)F)C(F)(F)F. The highest BCUT2D eigenvalue weighted by Gasteiger charge is 2.80. The molecule has 17 heteroatoms. The Morgan fingerprint density at radius 2 is 0.783 bits per heavy atom. The monoisotopic (exact) mass is 386 g/mol. The number of hydrogen-bond donors (Lipinski definition) is 0. The van der Waals surface area contributed by atoms with Gasteiger partial charge in [-0.2, -0.15) is 65.9 Å². The molecule has 0 spiro atoms. The molecule has 2 nitrogen and oxygen atoms in total. The van der Waals surface area contributed by atoms with Gasteiger partial charge in [0.05, 0.1) is 0 Å². The van der Waals surface area contributed by atoms with Gasteiger partial charge in [0.2, 0.25) is 0 Å². The maximum atomic E-state index is 12.9. The van der Waals surface area contributed by atoms with E-state index in [2.05, 4.69) is 0 Å². The maximum Gasteiger partial charge on any atom is 0.472 e. The molecular weight excluding hydrogens is 385 g/mol. The normalized spacial score (nSPS) is 15.9. The second-order valence-corrected chi connectivity index (χ2v) is 3.47. The van der Waals surface area contributed by atoms with Crippen molar-refractivity contribution in [2.24, 2.45) is 0 Å². The van der Waals surface area contributed by atoms with Crippen LogP contribution in [0.15, 0.2) is 0 Å². The zero-order chi connectivity index (χ0) is 19.2. The summed E-state index contributed by atoms with van der Waals surface area (Å²) in [5.74, 6) is 0.